The van der Waals surface area contributed by atoms with Crippen LogP contribution >= 0.6 is 11.3 Å². The number of aromatic nitrogens is 2. The van der Waals surface area contributed by atoms with Gasteiger partial charge in [0.15, 0.2) is 12.1 Å². The second-order valence-electron chi connectivity index (χ2n) is 10.7. The van der Waals surface area contributed by atoms with Gasteiger partial charge in [0.2, 0.25) is 11.8 Å². The van der Waals surface area contributed by atoms with Gasteiger partial charge in [-0.25, -0.2) is 4.98 Å². The summed E-state index contributed by atoms with van der Waals surface area (Å²) in [5.74, 6) is -1.01. The third-order valence-electron chi connectivity index (χ3n) is 7.37. The molecular formula is C30H40N4O7S. The molecule has 2 N–H and O–H groups in total. The Hall–Kier alpha value is -3.32. The normalized spacial score (nSPS) is 19.1. The van der Waals surface area contributed by atoms with E-state index in [0.717, 1.165) is 21.7 Å². The molecule has 0 aliphatic carbocycles. The highest BCUT2D eigenvalue weighted by Gasteiger charge is 2.43. The number of carbonyl (C=O) groups excluding carboxylic acids is 2. The van der Waals surface area contributed by atoms with Gasteiger partial charge in [-0.3, -0.25) is 9.59 Å². The van der Waals surface area contributed by atoms with E-state index in [1.54, 1.807) is 17.4 Å². The van der Waals surface area contributed by atoms with Crippen molar-refractivity contribution >= 4 is 23.2 Å². The molecule has 5 atom stereocenters. The lowest BCUT2D eigenvalue weighted by Crippen LogP contribution is -2.48. The third kappa shape index (κ3) is 7.35. The van der Waals surface area contributed by atoms with Crippen LogP contribution in [-0.4, -0.2) is 77.3 Å². The average molecular weight is 601 g/mol. The molecule has 11 nitrogen and oxygen atoms in total. The number of nitrogens with zero attached hydrogens (tertiary/aromatic N) is 3. The molecule has 1 aliphatic heterocycles. The number of likely N-dealkylation sites (tertiary alicyclic amines) is 1. The van der Waals surface area contributed by atoms with Crippen molar-refractivity contribution in [2.75, 3.05) is 26.9 Å². The Morgan fingerprint density at radius 2 is 1.98 bits per heavy atom. The van der Waals surface area contributed by atoms with Crippen molar-refractivity contribution < 1.29 is 33.4 Å². The molecule has 0 spiro atoms. The second kappa shape index (κ2) is 14.2. The minimum atomic E-state index is -0.817. The largest absolute Gasteiger partial charge is 0.470 e. The predicted molar refractivity (Wildman–Crippen MR) is 157 cm³/mol. The minimum Gasteiger partial charge on any atom is -0.470 e. The second-order valence-corrected chi connectivity index (χ2v) is 11.6. The maximum atomic E-state index is 13.9. The first-order valence-electron chi connectivity index (χ1n) is 14.2. The fourth-order valence-corrected chi connectivity index (χ4v) is 5.94. The zero-order valence-corrected chi connectivity index (χ0v) is 25.7. The van der Waals surface area contributed by atoms with Crippen LogP contribution < -0.4 is 10.1 Å². The van der Waals surface area contributed by atoms with Gasteiger partial charge in [0, 0.05) is 32.7 Å². The topological polar surface area (TPSA) is 136 Å². The highest BCUT2D eigenvalue weighted by molar-refractivity contribution is 7.13. The number of benzene rings is 1. The number of rotatable bonds is 13. The van der Waals surface area contributed by atoms with Gasteiger partial charge in [-0.15, -0.1) is 11.3 Å². The molecule has 3 aromatic rings. The number of β-amino-alcohol motifs (C(OH)–C–C–N with tert-alkyl or cyclic N) is 1. The molecule has 0 radical (unpaired) electrons. The van der Waals surface area contributed by atoms with Gasteiger partial charge in [0.25, 0.3) is 5.88 Å². The molecule has 0 bridgehead atoms. The van der Waals surface area contributed by atoms with E-state index < -0.39 is 24.4 Å². The minimum absolute atomic E-state index is 0.0544. The number of aryl methyl sites for hydroxylation is 1. The summed E-state index contributed by atoms with van der Waals surface area (Å²) < 4.78 is 21.8. The van der Waals surface area contributed by atoms with Crippen molar-refractivity contribution in [1.82, 2.24) is 20.4 Å². The summed E-state index contributed by atoms with van der Waals surface area (Å²) in [7, 11) is 1.52. The van der Waals surface area contributed by atoms with Crippen molar-refractivity contribution in [3.8, 4) is 16.3 Å². The first kappa shape index (κ1) is 31.6. The molecule has 0 saturated carbocycles. The van der Waals surface area contributed by atoms with Gasteiger partial charge in [0.1, 0.15) is 18.6 Å². The molecule has 2 amide bonds. The molecule has 228 valence electrons. The van der Waals surface area contributed by atoms with Crippen LogP contribution in [-0.2, 0) is 19.1 Å². The van der Waals surface area contributed by atoms with E-state index >= 15 is 0 Å². The van der Waals surface area contributed by atoms with Gasteiger partial charge in [-0.1, -0.05) is 38.1 Å². The van der Waals surface area contributed by atoms with E-state index in [1.807, 2.05) is 64.4 Å². The van der Waals surface area contributed by atoms with E-state index in [2.05, 4.69) is 15.5 Å². The summed E-state index contributed by atoms with van der Waals surface area (Å²) in [4.78, 5) is 34.2. The zero-order chi connectivity index (χ0) is 30.4. The molecule has 4 rings (SSSR count). The average Bonchev–Trinajstić information content (AvgIpc) is 3.71. The molecule has 1 aliphatic rings. The number of hydrogen-bond acceptors (Lipinski definition) is 10. The van der Waals surface area contributed by atoms with E-state index in [4.69, 9.17) is 18.7 Å². The number of methoxy groups -OCH3 is 1. The lowest BCUT2D eigenvalue weighted by molar-refractivity contribution is -0.141. The Bertz CT molecular complexity index is 1330. The number of aliphatic hydroxyl groups is 1. The number of carbonyl (C=O) groups is 2. The van der Waals surface area contributed by atoms with E-state index in [-0.39, 0.29) is 49.2 Å². The first-order valence-corrected chi connectivity index (χ1v) is 15.0. The summed E-state index contributed by atoms with van der Waals surface area (Å²) in [6.07, 6.45) is -1.22. The summed E-state index contributed by atoms with van der Waals surface area (Å²) in [6.45, 7) is 10.1. The van der Waals surface area contributed by atoms with Crippen molar-refractivity contribution in [2.45, 2.75) is 71.4 Å². The third-order valence-corrected chi connectivity index (χ3v) is 8.35. The van der Waals surface area contributed by atoms with Crippen molar-refractivity contribution in [3.63, 3.8) is 0 Å². The summed E-state index contributed by atoms with van der Waals surface area (Å²) >= 11 is 1.59. The summed E-state index contributed by atoms with van der Waals surface area (Å²) in [5, 5.41) is 17.5. The molecule has 2 aromatic heterocycles. The van der Waals surface area contributed by atoms with Crippen molar-refractivity contribution in [1.29, 1.82) is 0 Å². The molecule has 1 fully saturated rings. The van der Waals surface area contributed by atoms with E-state index in [0.29, 0.717) is 12.4 Å². The zero-order valence-electron chi connectivity index (χ0n) is 24.9. The van der Waals surface area contributed by atoms with E-state index in [9.17, 15) is 14.7 Å². The van der Waals surface area contributed by atoms with Crippen LogP contribution in [0.3, 0.4) is 0 Å². The Morgan fingerprint density at radius 3 is 2.60 bits per heavy atom. The van der Waals surface area contributed by atoms with Crippen LogP contribution in [0.25, 0.3) is 10.4 Å². The smallest absolute Gasteiger partial charge is 0.254 e. The Morgan fingerprint density at radius 1 is 1.24 bits per heavy atom. The fourth-order valence-electron chi connectivity index (χ4n) is 5.13. The number of thiazole rings is 1. The number of ether oxygens (including phenoxy) is 3. The fraction of sp³-hybridized carbons (Fsp3) is 0.533. The lowest BCUT2D eigenvalue weighted by Gasteiger charge is -2.29. The number of amides is 2. The standard InChI is InChI=1S/C30H40N4O7S/c1-7-39-26(38-6)15-40-25-13-24(41-33-25)27(17(2)3)30(37)34-14-22(35)12-23(34)29(36)32-18(4)20-8-10-21(11-9-20)28-19(5)31-16-42-28/h8-11,13,16-18,22-23,26-27,35H,7,12,14-15H2,1-6H3,(H,32,36)/t18?,22-,23+,26?,27?/m1/s1. The van der Waals surface area contributed by atoms with Crippen LogP contribution in [0.5, 0.6) is 5.88 Å². The number of aliphatic hydroxyl groups excluding tert-OH is 1. The van der Waals surface area contributed by atoms with Gasteiger partial charge in [0.05, 0.1) is 28.2 Å². The molecule has 12 heteroatoms. The molecule has 42 heavy (non-hydrogen) atoms. The molecular weight excluding hydrogens is 560 g/mol. The Balaban J connectivity index is 1.43. The summed E-state index contributed by atoms with van der Waals surface area (Å²) in [6, 6.07) is 8.45. The number of hydrogen-bond donors (Lipinski definition) is 2. The monoisotopic (exact) mass is 600 g/mol. The molecule has 1 aromatic carbocycles. The summed E-state index contributed by atoms with van der Waals surface area (Å²) in [5.41, 5.74) is 4.81. The van der Waals surface area contributed by atoms with Gasteiger partial charge in [-0.05, 0) is 43.0 Å². The van der Waals surface area contributed by atoms with Crippen LogP contribution in [0, 0.1) is 12.8 Å². The first-order chi connectivity index (χ1) is 20.1. The van der Waals surface area contributed by atoms with Crippen LogP contribution in [0.1, 0.15) is 63.1 Å². The SMILES string of the molecule is CCOC(COc1cc(C(C(=O)N2C[C@H](O)C[C@H]2C(=O)NC(C)c2ccc(-c3scnc3C)cc2)C(C)C)on1)OC. The van der Waals surface area contributed by atoms with Gasteiger partial charge in [-0.2, -0.15) is 0 Å². The Labute approximate surface area is 250 Å². The highest BCUT2D eigenvalue weighted by atomic mass is 32.1. The van der Waals surface area contributed by atoms with E-state index in [1.165, 1.54) is 12.0 Å². The molecule has 1 saturated heterocycles. The van der Waals surface area contributed by atoms with Gasteiger partial charge < -0.3 is 34.1 Å². The molecule has 3 heterocycles. The van der Waals surface area contributed by atoms with Crippen LogP contribution in [0.15, 0.2) is 40.4 Å². The van der Waals surface area contributed by atoms with Crippen molar-refractivity contribution in [3.05, 3.63) is 52.9 Å². The van der Waals surface area contributed by atoms with Crippen LogP contribution in [0.2, 0.25) is 0 Å². The quantitative estimate of drug-likeness (QED) is 0.278. The molecule has 3 unspecified atom stereocenters. The maximum absolute atomic E-state index is 13.9. The van der Waals surface area contributed by atoms with Crippen molar-refractivity contribution in [2.24, 2.45) is 5.92 Å². The van der Waals surface area contributed by atoms with Crippen LogP contribution in [0.4, 0.5) is 0 Å². The Kier molecular flexibility index (Phi) is 10.7. The lowest BCUT2D eigenvalue weighted by atomic mass is 9.91. The van der Waals surface area contributed by atoms with Gasteiger partial charge >= 0.3 is 0 Å². The predicted octanol–water partition coefficient (Wildman–Crippen LogP) is 4.07. The number of nitrogens with one attached hydrogen (secondary N) is 1. The maximum Gasteiger partial charge on any atom is 0.254 e. The highest BCUT2D eigenvalue weighted by Crippen LogP contribution is 2.33.